The molecule has 112 valence electrons. The molecule has 1 atom stereocenters. The Labute approximate surface area is 128 Å². The minimum Gasteiger partial charge on any atom is -0.355 e. The molecule has 5 nitrogen and oxygen atoms in total. The first kappa shape index (κ1) is 14.1. The Hall–Kier alpha value is -2.82. The lowest BCUT2D eigenvalue weighted by Gasteiger charge is -2.14. The Balaban J connectivity index is 1.74. The first-order valence-electron chi connectivity index (χ1n) is 7.21. The second-order valence-electron chi connectivity index (χ2n) is 5.23. The van der Waals surface area contributed by atoms with Crippen LogP contribution in [0.1, 0.15) is 6.42 Å². The van der Waals surface area contributed by atoms with Crippen molar-refractivity contribution in [2.45, 2.75) is 6.42 Å². The Morgan fingerprint density at radius 1 is 1.00 bits per heavy atom. The van der Waals surface area contributed by atoms with Crippen molar-refractivity contribution in [2.24, 2.45) is 5.92 Å². The number of rotatable bonds is 4. The summed E-state index contributed by atoms with van der Waals surface area (Å²) in [6, 6.07) is 17.3. The van der Waals surface area contributed by atoms with Gasteiger partial charge in [-0.05, 0) is 24.3 Å². The molecule has 3 rings (SSSR count). The van der Waals surface area contributed by atoms with Crippen molar-refractivity contribution in [3.63, 3.8) is 0 Å². The summed E-state index contributed by atoms with van der Waals surface area (Å²) in [4.78, 5) is 23.4. The van der Waals surface area contributed by atoms with Gasteiger partial charge in [0.15, 0.2) is 0 Å². The summed E-state index contributed by atoms with van der Waals surface area (Å²) < 4.78 is 0. The lowest BCUT2D eigenvalue weighted by atomic mass is 10.1. The topological polar surface area (TPSA) is 70.2 Å². The van der Waals surface area contributed by atoms with E-state index >= 15 is 0 Å². The quantitative estimate of drug-likeness (QED) is 0.811. The van der Waals surface area contributed by atoms with E-state index in [-0.39, 0.29) is 24.2 Å². The molecule has 2 aromatic rings. The zero-order chi connectivity index (χ0) is 15.4. The smallest absolute Gasteiger partial charge is 0.229 e. The van der Waals surface area contributed by atoms with Crippen molar-refractivity contribution in [3.05, 3.63) is 54.6 Å². The lowest BCUT2D eigenvalue weighted by molar-refractivity contribution is -0.123. The van der Waals surface area contributed by atoms with Crippen LogP contribution in [0, 0.1) is 5.92 Å². The van der Waals surface area contributed by atoms with Crippen molar-refractivity contribution in [3.8, 4) is 0 Å². The molecule has 1 saturated heterocycles. The average molecular weight is 295 g/mol. The lowest BCUT2D eigenvalue weighted by Crippen LogP contribution is -2.25. The summed E-state index contributed by atoms with van der Waals surface area (Å²) in [5.74, 6) is -0.520. The van der Waals surface area contributed by atoms with Gasteiger partial charge < -0.3 is 16.0 Å². The molecule has 1 fully saturated rings. The van der Waals surface area contributed by atoms with E-state index in [1.54, 1.807) is 0 Å². The molecule has 0 bridgehead atoms. The van der Waals surface area contributed by atoms with Crippen LogP contribution in [0.5, 0.6) is 0 Å². The SMILES string of the molecule is O=C1CC(C(=O)Nc2ccccc2Nc2ccccc2)CN1. The van der Waals surface area contributed by atoms with Crippen LogP contribution in [0.25, 0.3) is 0 Å². The van der Waals surface area contributed by atoms with Crippen LogP contribution in [-0.4, -0.2) is 18.4 Å². The number of benzene rings is 2. The number of carbonyl (C=O) groups excluding carboxylic acids is 2. The van der Waals surface area contributed by atoms with Gasteiger partial charge in [-0.1, -0.05) is 30.3 Å². The molecule has 2 aromatic carbocycles. The highest BCUT2D eigenvalue weighted by molar-refractivity contribution is 5.99. The Bertz CT molecular complexity index is 685. The van der Waals surface area contributed by atoms with E-state index in [1.165, 1.54) is 0 Å². The molecular formula is C17H17N3O2. The van der Waals surface area contributed by atoms with Gasteiger partial charge in [-0.15, -0.1) is 0 Å². The maximum absolute atomic E-state index is 12.2. The van der Waals surface area contributed by atoms with E-state index in [2.05, 4.69) is 16.0 Å². The van der Waals surface area contributed by atoms with E-state index in [0.717, 1.165) is 11.4 Å². The van der Waals surface area contributed by atoms with E-state index in [0.29, 0.717) is 12.2 Å². The molecule has 0 spiro atoms. The van der Waals surface area contributed by atoms with Crippen LogP contribution < -0.4 is 16.0 Å². The molecule has 1 aliphatic rings. The van der Waals surface area contributed by atoms with Crippen molar-refractivity contribution in [1.29, 1.82) is 0 Å². The summed E-state index contributed by atoms with van der Waals surface area (Å²) in [5.41, 5.74) is 2.47. The fourth-order valence-corrected chi connectivity index (χ4v) is 2.40. The molecule has 0 aliphatic carbocycles. The molecule has 1 unspecified atom stereocenters. The molecule has 5 heteroatoms. The van der Waals surface area contributed by atoms with Crippen molar-refractivity contribution in [2.75, 3.05) is 17.2 Å². The highest BCUT2D eigenvalue weighted by Crippen LogP contribution is 2.26. The highest BCUT2D eigenvalue weighted by Gasteiger charge is 2.28. The van der Waals surface area contributed by atoms with Gasteiger partial charge in [0, 0.05) is 18.7 Å². The van der Waals surface area contributed by atoms with Crippen LogP contribution >= 0.6 is 0 Å². The Morgan fingerprint density at radius 3 is 2.36 bits per heavy atom. The zero-order valence-electron chi connectivity index (χ0n) is 12.0. The molecule has 0 radical (unpaired) electrons. The van der Waals surface area contributed by atoms with Crippen LogP contribution in [0.15, 0.2) is 54.6 Å². The highest BCUT2D eigenvalue weighted by atomic mass is 16.2. The summed E-state index contributed by atoms with van der Waals surface area (Å²) in [6.45, 7) is 0.402. The minimum absolute atomic E-state index is 0.0733. The molecular weight excluding hydrogens is 278 g/mol. The average Bonchev–Trinajstić information content (AvgIpc) is 2.97. The van der Waals surface area contributed by atoms with Crippen molar-refractivity contribution < 1.29 is 9.59 Å². The van der Waals surface area contributed by atoms with Crippen molar-refractivity contribution in [1.82, 2.24) is 5.32 Å². The molecule has 22 heavy (non-hydrogen) atoms. The van der Waals surface area contributed by atoms with E-state index in [4.69, 9.17) is 0 Å². The standard InChI is InChI=1S/C17H17N3O2/c21-16-10-12(11-18-16)17(22)20-15-9-5-4-8-14(15)19-13-6-2-1-3-7-13/h1-9,12,19H,10-11H2,(H,18,21)(H,20,22). The second kappa shape index (κ2) is 6.30. The van der Waals surface area contributed by atoms with Crippen LogP contribution in [0.2, 0.25) is 0 Å². The molecule has 2 amide bonds. The van der Waals surface area contributed by atoms with E-state index < -0.39 is 0 Å². The first-order chi connectivity index (χ1) is 10.7. The third-order valence-electron chi connectivity index (χ3n) is 3.59. The predicted molar refractivity (Wildman–Crippen MR) is 85.9 cm³/mol. The van der Waals surface area contributed by atoms with Crippen LogP contribution in [0.3, 0.4) is 0 Å². The number of para-hydroxylation sites is 3. The summed E-state index contributed by atoms with van der Waals surface area (Å²) in [7, 11) is 0. The van der Waals surface area contributed by atoms with Gasteiger partial charge >= 0.3 is 0 Å². The van der Waals surface area contributed by atoms with Gasteiger partial charge in [-0.3, -0.25) is 9.59 Å². The number of anilines is 3. The Morgan fingerprint density at radius 2 is 1.68 bits per heavy atom. The Kier molecular flexibility index (Phi) is 4.05. The monoisotopic (exact) mass is 295 g/mol. The number of carbonyl (C=O) groups is 2. The fourth-order valence-electron chi connectivity index (χ4n) is 2.40. The van der Waals surface area contributed by atoms with Gasteiger partial charge in [0.1, 0.15) is 0 Å². The van der Waals surface area contributed by atoms with Crippen LogP contribution in [0.4, 0.5) is 17.1 Å². The third-order valence-corrected chi connectivity index (χ3v) is 3.59. The van der Waals surface area contributed by atoms with E-state index in [1.807, 2.05) is 54.6 Å². The third kappa shape index (κ3) is 3.25. The first-order valence-corrected chi connectivity index (χ1v) is 7.21. The van der Waals surface area contributed by atoms with Crippen molar-refractivity contribution >= 4 is 28.9 Å². The number of nitrogens with one attached hydrogen (secondary N) is 3. The minimum atomic E-state index is -0.308. The molecule has 0 saturated carbocycles. The normalized spacial score (nSPS) is 16.9. The van der Waals surface area contributed by atoms with Crippen LogP contribution in [-0.2, 0) is 9.59 Å². The van der Waals surface area contributed by atoms with Gasteiger partial charge in [-0.2, -0.15) is 0 Å². The molecule has 3 N–H and O–H groups in total. The predicted octanol–water partition coefficient (Wildman–Crippen LogP) is 2.50. The maximum Gasteiger partial charge on any atom is 0.229 e. The number of hydrogen-bond donors (Lipinski definition) is 3. The van der Waals surface area contributed by atoms with Gasteiger partial charge in [0.2, 0.25) is 11.8 Å². The van der Waals surface area contributed by atoms with Gasteiger partial charge in [-0.25, -0.2) is 0 Å². The van der Waals surface area contributed by atoms with Gasteiger partial charge in [0.25, 0.3) is 0 Å². The molecule has 0 aromatic heterocycles. The largest absolute Gasteiger partial charge is 0.355 e. The second-order valence-corrected chi connectivity index (χ2v) is 5.23. The summed E-state index contributed by atoms with van der Waals surface area (Å²) >= 11 is 0. The molecule has 1 aliphatic heterocycles. The van der Waals surface area contributed by atoms with E-state index in [9.17, 15) is 9.59 Å². The summed E-state index contributed by atoms with van der Waals surface area (Å²) in [5, 5.41) is 8.85. The van der Waals surface area contributed by atoms with Gasteiger partial charge in [0.05, 0.1) is 17.3 Å². The summed E-state index contributed by atoms with van der Waals surface area (Å²) in [6.07, 6.45) is 0.250. The molecule has 1 heterocycles. The number of amides is 2. The maximum atomic E-state index is 12.2. The number of hydrogen-bond acceptors (Lipinski definition) is 3. The fraction of sp³-hybridized carbons (Fsp3) is 0.176. The zero-order valence-corrected chi connectivity index (χ0v) is 12.0.